The highest BCUT2D eigenvalue weighted by Gasteiger charge is 2.82. The van der Waals surface area contributed by atoms with Crippen LogP contribution in [-0.4, -0.2) is 23.9 Å². The minimum atomic E-state index is -6.78. The second kappa shape index (κ2) is 12.1. The highest BCUT2D eigenvalue weighted by Crippen LogP contribution is 2.57. The molecule has 0 nitrogen and oxygen atoms in total. The number of halogens is 9. The number of alkyl halides is 9. The molecule has 0 N–H and O–H groups in total. The van der Waals surface area contributed by atoms with Gasteiger partial charge in [0.05, 0.1) is 0 Å². The number of unbranched alkanes of at least 4 members (excludes halogenated alkanes) is 4. The quantitative estimate of drug-likeness (QED) is 0.181. The highest BCUT2D eigenvalue weighted by atomic mass is 19.4. The Labute approximate surface area is 197 Å². The molecule has 34 heavy (non-hydrogen) atoms. The lowest BCUT2D eigenvalue weighted by Crippen LogP contribution is -2.63. The van der Waals surface area contributed by atoms with Gasteiger partial charge >= 0.3 is 23.9 Å². The fourth-order valence-corrected chi connectivity index (χ4v) is 5.77. The Morgan fingerprint density at radius 1 is 0.500 bits per heavy atom. The first-order valence-electron chi connectivity index (χ1n) is 12.9. The van der Waals surface area contributed by atoms with Crippen molar-refractivity contribution < 1.29 is 39.5 Å². The van der Waals surface area contributed by atoms with E-state index >= 15 is 0 Å². The van der Waals surface area contributed by atoms with Gasteiger partial charge in [0.15, 0.2) is 0 Å². The maximum atomic E-state index is 14.2. The maximum Gasteiger partial charge on any atom is 0.460 e. The molecule has 0 aromatic rings. The van der Waals surface area contributed by atoms with Gasteiger partial charge in [0.2, 0.25) is 0 Å². The van der Waals surface area contributed by atoms with Crippen LogP contribution in [0.2, 0.25) is 0 Å². The maximum absolute atomic E-state index is 14.2. The zero-order valence-corrected chi connectivity index (χ0v) is 20.0. The summed E-state index contributed by atoms with van der Waals surface area (Å²) in [4.78, 5) is 0. The monoisotopic (exact) mass is 510 g/mol. The summed E-state index contributed by atoms with van der Waals surface area (Å²) < 4.78 is 119. The molecular weight excluding hydrogens is 471 g/mol. The highest BCUT2D eigenvalue weighted by molar-refractivity contribution is 5.03. The third-order valence-corrected chi connectivity index (χ3v) is 8.19. The Morgan fingerprint density at radius 3 is 1.35 bits per heavy atom. The molecule has 0 amide bonds. The van der Waals surface area contributed by atoms with Gasteiger partial charge in [-0.1, -0.05) is 84.0 Å². The van der Waals surface area contributed by atoms with Crippen LogP contribution in [0, 0.1) is 23.7 Å². The third kappa shape index (κ3) is 6.98. The van der Waals surface area contributed by atoms with E-state index in [9.17, 15) is 39.5 Å². The molecule has 2 aliphatic carbocycles. The van der Waals surface area contributed by atoms with E-state index in [1.165, 1.54) is 51.4 Å². The Hall–Kier alpha value is -0.630. The summed E-state index contributed by atoms with van der Waals surface area (Å²) in [6.07, 6.45) is 6.62. The summed E-state index contributed by atoms with van der Waals surface area (Å²) in [5.74, 6) is -19.5. The van der Waals surface area contributed by atoms with E-state index in [1.807, 2.05) is 0 Å². The van der Waals surface area contributed by atoms with Crippen molar-refractivity contribution in [3.8, 4) is 0 Å². The summed E-state index contributed by atoms with van der Waals surface area (Å²) >= 11 is 0. The standard InChI is InChI=1S/C25H39F9/c1-2-3-4-5-6-7-18-8-10-19(11-9-18)12-13-20-14-16-21(17-15-20)22(26,27)23(28,29)24(30,31)25(32,33)34/h18-21H,2-17H2,1H3. The van der Waals surface area contributed by atoms with Crippen LogP contribution in [0.25, 0.3) is 0 Å². The summed E-state index contributed by atoms with van der Waals surface area (Å²) in [7, 11) is 0. The lowest BCUT2D eigenvalue weighted by atomic mass is 9.73. The summed E-state index contributed by atoms with van der Waals surface area (Å²) in [6, 6.07) is 0. The van der Waals surface area contributed by atoms with Gasteiger partial charge < -0.3 is 0 Å². The van der Waals surface area contributed by atoms with Crippen molar-refractivity contribution in [2.75, 3.05) is 0 Å². The smallest absolute Gasteiger partial charge is 0.199 e. The van der Waals surface area contributed by atoms with E-state index < -0.39 is 42.7 Å². The van der Waals surface area contributed by atoms with Crippen molar-refractivity contribution in [1.29, 1.82) is 0 Å². The van der Waals surface area contributed by atoms with Crippen LogP contribution in [-0.2, 0) is 0 Å². The molecule has 0 radical (unpaired) electrons. The molecule has 2 aliphatic rings. The van der Waals surface area contributed by atoms with E-state index in [0.29, 0.717) is 5.92 Å². The minimum Gasteiger partial charge on any atom is -0.199 e. The zero-order chi connectivity index (χ0) is 25.6. The van der Waals surface area contributed by atoms with Crippen molar-refractivity contribution >= 4 is 0 Å². The summed E-state index contributed by atoms with van der Waals surface area (Å²) in [5, 5.41) is 0. The number of rotatable bonds is 12. The van der Waals surface area contributed by atoms with E-state index in [-0.39, 0.29) is 18.8 Å². The van der Waals surface area contributed by atoms with Crippen molar-refractivity contribution in [1.82, 2.24) is 0 Å². The second-order valence-corrected chi connectivity index (χ2v) is 10.7. The molecule has 2 rings (SSSR count). The molecule has 2 fully saturated rings. The number of hydrogen-bond donors (Lipinski definition) is 0. The first-order chi connectivity index (χ1) is 15.7. The largest absolute Gasteiger partial charge is 0.460 e. The molecule has 9 heteroatoms. The van der Waals surface area contributed by atoms with Gasteiger partial charge in [-0.15, -0.1) is 0 Å². The Kier molecular flexibility index (Phi) is 10.5. The van der Waals surface area contributed by atoms with Crippen LogP contribution < -0.4 is 0 Å². The fourth-order valence-electron chi connectivity index (χ4n) is 5.77. The lowest BCUT2D eigenvalue weighted by molar-refractivity contribution is -0.404. The first-order valence-corrected chi connectivity index (χ1v) is 12.9. The van der Waals surface area contributed by atoms with E-state index in [0.717, 1.165) is 31.6 Å². The van der Waals surface area contributed by atoms with Gasteiger partial charge in [-0.25, -0.2) is 0 Å². The zero-order valence-electron chi connectivity index (χ0n) is 20.0. The molecule has 0 spiro atoms. The van der Waals surface area contributed by atoms with Crippen molar-refractivity contribution in [2.45, 2.75) is 134 Å². The van der Waals surface area contributed by atoms with Gasteiger partial charge in [-0.2, -0.15) is 39.5 Å². The minimum absolute atomic E-state index is 0.0279. The molecular formula is C25H39F9. The van der Waals surface area contributed by atoms with Crippen LogP contribution in [0.4, 0.5) is 39.5 Å². The molecule has 0 atom stereocenters. The Balaban J connectivity index is 1.73. The predicted octanol–water partition coefficient (Wildman–Crippen LogP) is 10.2. The van der Waals surface area contributed by atoms with Gasteiger partial charge in [0.25, 0.3) is 0 Å². The van der Waals surface area contributed by atoms with Crippen LogP contribution >= 0.6 is 0 Å². The SMILES string of the molecule is CCCCCCCC1CCC(CCC2CCC(C(F)(F)C(F)(F)C(F)(F)C(F)(F)F)CC2)CC1. The molecule has 0 bridgehead atoms. The molecule has 202 valence electrons. The third-order valence-electron chi connectivity index (χ3n) is 8.19. The molecule has 0 aliphatic heterocycles. The van der Waals surface area contributed by atoms with Crippen LogP contribution in [0.5, 0.6) is 0 Å². The van der Waals surface area contributed by atoms with Gasteiger partial charge in [0, 0.05) is 5.92 Å². The van der Waals surface area contributed by atoms with E-state index in [4.69, 9.17) is 0 Å². The average Bonchev–Trinajstić information content (AvgIpc) is 2.77. The van der Waals surface area contributed by atoms with Gasteiger partial charge in [0.1, 0.15) is 0 Å². The van der Waals surface area contributed by atoms with Crippen LogP contribution in [0.15, 0.2) is 0 Å². The van der Waals surface area contributed by atoms with Crippen LogP contribution in [0.3, 0.4) is 0 Å². The van der Waals surface area contributed by atoms with Crippen molar-refractivity contribution in [2.24, 2.45) is 23.7 Å². The molecule has 0 aromatic carbocycles. The first kappa shape index (κ1) is 29.6. The van der Waals surface area contributed by atoms with Gasteiger partial charge in [-0.3, -0.25) is 0 Å². The van der Waals surface area contributed by atoms with Crippen molar-refractivity contribution in [3.63, 3.8) is 0 Å². The lowest BCUT2D eigenvalue weighted by Gasteiger charge is -2.40. The molecule has 0 heterocycles. The molecule has 2 saturated carbocycles. The predicted molar refractivity (Wildman–Crippen MR) is 114 cm³/mol. The molecule has 0 aromatic heterocycles. The van der Waals surface area contributed by atoms with Crippen molar-refractivity contribution in [3.05, 3.63) is 0 Å². The Bertz CT molecular complexity index is 584. The molecule has 0 saturated heterocycles. The second-order valence-electron chi connectivity index (χ2n) is 10.7. The van der Waals surface area contributed by atoms with E-state index in [1.54, 1.807) is 0 Å². The summed E-state index contributed by atoms with van der Waals surface area (Å²) in [6.45, 7) is 2.19. The fraction of sp³-hybridized carbons (Fsp3) is 1.00. The normalized spacial score (nSPS) is 27.7. The molecule has 0 unspecified atom stereocenters. The summed E-state index contributed by atoms with van der Waals surface area (Å²) in [5.41, 5.74) is 0. The van der Waals surface area contributed by atoms with Crippen LogP contribution in [0.1, 0.15) is 110 Å². The average molecular weight is 511 g/mol. The topological polar surface area (TPSA) is 0 Å². The van der Waals surface area contributed by atoms with E-state index in [2.05, 4.69) is 6.92 Å². The van der Waals surface area contributed by atoms with Gasteiger partial charge in [-0.05, 0) is 43.4 Å². The number of hydrogen-bond acceptors (Lipinski definition) is 0. The Morgan fingerprint density at radius 2 is 0.912 bits per heavy atom.